The van der Waals surface area contributed by atoms with E-state index >= 15 is 0 Å². The maximum absolute atomic E-state index is 12.8. The van der Waals surface area contributed by atoms with Gasteiger partial charge in [0.25, 0.3) is 0 Å². The van der Waals surface area contributed by atoms with Gasteiger partial charge in [0.1, 0.15) is 42.4 Å². The van der Waals surface area contributed by atoms with Crippen molar-refractivity contribution in [1.82, 2.24) is 21.3 Å². The fourth-order valence-corrected chi connectivity index (χ4v) is 8.15. The molecule has 4 amide bonds. The number of nitrogens with two attached hydrogens (primary N) is 1. The number of nitrogens with one attached hydrogen (secondary N) is 4. The minimum Gasteiger partial charge on any atom is -0.550 e. The van der Waals surface area contributed by atoms with Gasteiger partial charge in [-0.1, -0.05) is 46.2 Å². The first-order valence-corrected chi connectivity index (χ1v) is 26.5. The molecule has 73 heavy (non-hydrogen) atoms. The molecule has 2 saturated heterocycles. The van der Waals surface area contributed by atoms with Gasteiger partial charge in [-0.15, -0.1) is 11.8 Å². The summed E-state index contributed by atoms with van der Waals surface area (Å²) in [6.07, 6.45) is -7.65. The fraction of sp³-hybridized carbons (Fsp3) is 0.745. The van der Waals surface area contributed by atoms with Crippen molar-refractivity contribution in [3.63, 3.8) is 0 Å². The molecule has 0 radical (unpaired) electrons. The number of carbonyl (C=O) groups excluding carboxylic acids is 6. The average Bonchev–Trinajstić information content (AvgIpc) is 3.65. The van der Waals surface area contributed by atoms with Crippen molar-refractivity contribution < 1.29 is 118 Å². The van der Waals surface area contributed by atoms with Crippen LogP contribution in [0.5, 0.6) is 5.75 Å². The predicted octanol–water partition coefficient (Wildman–Crippen LogP) is -5.77. The van der Waals surface area contributed by atoms with Crippen molar-refractivity contribution in [1.29, 1.82) is 0 Å². The molecule has 0 aliphatic carbocycles. The molecule has 1 aromatic carbocycles. The minimum atomic E-state index is -1.55. The van der Waals surface area contributed by atoms with Crippen LogP contribution in [-0.4, -0.2) is 201 Å². The number of aliphatic carboxylic acids is 1. The predicted molar refractivity (Wildman–Crippen MR) is 266 cm³/mol. The van der Waals surface area contributed by atoms with Crippen molar-refractivity contribution >= 4 is 58.9 Å². The molecule has 0 bridgehead atoms. The van der Waals surface area contributed by atoms with Crippen LogP contribution in [0.2, 0.25) is 0 Å². The third kappa shape index (κ3) is 30.0. The van der Waals surface area contributed by atoms with Gasteiger partial charge in [-0.3, -0.25) is 24.0 Å². The van der Waals surface area contributed by atoms with Crippen LogP contribution < -0.4 is 66.4 Å². The topological polar surface area (TPSA) is 378 Å². The van der Waals surface area contributed by atoms with Gasteiger partial charge in [0.2, 0.25) is 29.9 Å². The van der Waals surface area contributed by atoms with Gasteiger partial charge in [0, 0.05) is 43.7 Å². The summed E-state index contributed by atoms with van der Waals surface area (Å²) >= 11 is 2.59. The number of hydrogen-bond donors (Lipinski definition) is 12. The Kier molecular flexibility index (Phi) is 39.0. The summed E-state index contributed by atoms with van der Waals surface area (Å²) in [6.45, 7) is 8.51. The second kappa shape index (κ2) is 40.5. The van der Waals surface area contributed by atoms with E-state index in [0.29, 0.717) is 63.2 Å². The Bertz CT molecular complexity index is 1730. The molecular formula is C47H80N5NaO18S2. The Morgan fingerprint density at radius 2 is 1.41 bits per heavy atom. The first-order valence-electron chi connectivity index (χ1n) is 24.2. The van der Waals surface area contributed by atoms with Gasteiger partial charge < -0.3 is 91.6 Å². The Morgan fingerprint density at radius 1 is 0.836 bits per heavy atom. The fourth-order valence-electron chi connectivity index (χ4n) is 6.58. The van der Waals surface area contributed by atoms with E-state index in [1.807, 2.05) is 0 Å². The second-order valence-electron chi connectivity index (χ2n) is 17.3. The molecule has 414 valence electrons. The van der Waals surface area contributed by atoms with Gasteiger partial charge in [-0.05, 0) is 68.9 Å². The molecule has 2 heterocycles. The van der Waals surface area contributed by atoms with Crippen molar-refractivity contribution in [3.05, 3.63) is 29.8 Å². The number of benzene rings is 1. The van der Waals surface area contributed by atoms with Gasteiger partial charge in [0.05, 0.1) is 49.5 Å². The molecule has 2 aliphatic rings. The van der Waals surface area contributed by atoms with Crippen LogP contribution in [0, 0.1) is 5.92 Å². The monoisotopic (exact) mass is 1090 g/mol. The van der Waals surface area contributed by atoms with E-state index < -0.39 is 85.9 Å². The van der Waals surface area contributed by atoms with Crippen LogP contribution >= 0.6 is 23.5 Å². The summed E-state index contributed by atoms with van der Waals surface area (Å²) in [7, 11) is 0. The summed E-state index contributed by atoms with van der Waals surface area (Å²) < 4.78 is 22.1. The molecule has 23 nitrogen and oxygen atoms in total. The van der Waals surface area contributed by atoms with Crippen molar-refractivity contribution in [2.45, 2.75) is 153 Å². The number of Topliss-reactive ketones (excluding diaryl/α,β-unsaturated/α-hetero) is 1. The Labute approximate surface area is 458 Å². The third-order valence-electron chi connectivity index (χ3n) is 10.4. The van der Waals surface area contributed by atoms with Crippen LogP contribution in [0.1, 0.15) is 85.1 Å². The molecule has 11 atom stereocenters. The number of ketones is 1. The molecule has 0 aromatic heterocycles. The summed E-state index contributed by atoms with van der Waals surface area (Å²) in [6, 6.07) is 5.15. The molecule has 2 fully saturated rings. The number of hydrogen-bond acceptors (Lipinski definition) is 21. The van der Waals surface area contributed by atoms with Crippen LogP contribution in [0.25, 0.3) is 0 Å². The third-order valence-corrected chi connectivity index (χ3v) is 12.5. The molecule has 26 heteroatoms. The van der Waals surface area contributed by atoms with E-state index in [2.05, 4.69) is 35.1 Å². The standard InChI is InChI=1S/C42H69N5O16S2.C3H8.C2H4O2.Na/c1-24(2)35(55)29(47-40(59)28(43)6-3-14-44-34(54)23-65-21-26(50)18-48)7-4-15-45-33(53)22-64-17-5-8-32(52)46-16-13-25-9-11-27(12-10-25)61-42-38(58)39(37(57)31(19-49)62-42)63-41-36(56)30(51)20-60-41;1-3-2;1-2(3)4;/h9-12,24,26,28-31,36-39,41-42,48-51,56-58H,3-8,13-23,43H2,1-2H3,(H,44,54)(H,45,53)(H,46,52)(H,47,59);3H2,1-2H3;1H3,(H,3,4);/q;;;+1/p-1. The van der Waals surface area contributed by atoms with Gasteiger partial charge in [0.15, 0.2) is 12.1 Å². The van der Waals surface area contributed by atoms with Crippen molar-refractivity contribution in [3.8, 4) is 5.75 Å². The maximum atomic E-state index is 12.8. The molecule has 0 spiro atoms. The van der Waals surface area contributed by atoms with Crippen LogP contribution in [0.3, 0.4) is 0 Å². The maximum Gasteiger partial charge on any atom is 1.00 e. The second-order valence-corrected chi connectivity index (χ2v) is 19.5. The quantitative estimate of drug-likeness (QED) is 0.0243. The normalized spacial score (nSPS) is 22.4. The zero-order chi connectivity index (χ0) is 54.2. The summed E-state index contributed by atoms with van der Waals surface area (Å²) in [4.78, 5) is 71.3. The Morgan fingerprint density at radius 3 is 1.96 bits per heavy atom. The molecule has 13 N–H and O–H groups in total. The number of thioether (sulfide) groups is 2. The van der Waals surface area contributed by atoms with Crippen molar-refractivity contribution in [2.24, 2.45) is 11.7 Å². The molecular weight excluding hydrogens is 1010 g/mol. The molecule has 1 aromatic rings. The first kappa shape index (κ1) is 70.3. The van der Waals surface area contributed by atoms with Crippen LogP contribution in [0.4, 0.5) is 0 Å². The molecule has 11 unspecified atom stereocenters. The van der Waals surface area contributed by atoms with Crippen LogP contribution in [0.15, 0.2) is 24.3 Å². The van der Waals surface area contributed by atoms with Crippen LogP contribution in [-0.2, 0) is 49.4 Å². The largest absolute Gasteiger partial charge is 1.00 e. The van der Waals surface area contributed by atoms with Gasteiger partial charge in [-0.25, -0.2) is 0 Å². The number of ether oxygens (including phenoxy) is 4. The number of aliphatic hydroxyl groups excluding tert-OH is 7. The number of aliphatic hydroxyl groups is 7. The van der Waals surface area contributed by atoms with E-state index in [4.69, 9.17) is 39.7 Å². The van der Waals surface area contributed by atoms with E-state index in [1.54, 1.807) is 38.1 Å². The van der Waals surface area contributed by atoms with Gasteiger partial charge in [-0.2, -0.15) is 11.8 Å². The molecule has 3 rings (SSSR count). The smallest absolute Gasteiger partial charge is 0.550 e. The number of rotatable bonds is 31. The average molecular weight is 1090 g/mol. The zero-order valence-electron chi connectivity index (χ0n) is 43.0. The van der Waals surface area contributed by atoms with E-state index in [0.717, 1.165) is 12.5 Å². The zero-order valence-corrected chi connectivity index (χ0v) is 46.6. The van der Waals surface area contributed by atoms with Gasteiger partial charge >= 0.3 is 29.6 Å². The first-order chi connectivity index (χ1) is 34.2. The summed E-state index contributed by atoms with van der Waals surface area (Å²) in [5.41, 5.74) is 6.95. The van der Waals surface area contributed by atoms with Crippen molar-refractivity contribution in [2.75, 3.05) is 62.5 Å². The van der Waals surface area contributed by atoms with E-state index in [1.165, 1.54) is 29.9 Å². The van der Waals surface area contributed by atoms with E-state index in [-0.39, 0.29) is 102 Å². The summed E-state index contributed by atoms with van der Waals surface area (Å²) in [5.74, 6) is -1.14. The van der Waals surface area contributed by atoms with E-state index in [9.17, 15) is 54.6 Å². The summed E-state index contributed by atoms with van der Waals surface area (Å²) in [5, 5.41) is 89.2. The number of carbonyl (C=O) groups is 6. The Hall–Kier alpha value is -2.70. The SMILES string of the molecule is CC(=O)[O-].CC(C)C(=O)C(CCCNC(=O)CSCCCC(=O)NCCc1ccc(OC2OC(CO)C(O)C(OC3OCC(O)C3O)C2O)cc1)NC(=O)C(N)CCCNC(=O)CSCC(O)CO.CCC.[Na+]. The minimum absolute atomic E-state index is 0. The number of carboxylic acids is 1. The molecule has 0 saturated carbocycles. The number of amides is 4. The molecule has 2 aliphatic heterocycles. The Balaban J connectivity index is 0.00000608. The number of carboxylic acid groups (broad SMARTS) is 1.